The van der Waals surface area contributed by atoms with Crippen LogP contribution in [0, 0.1) is 0 Å². The van der Waals surface area contributed by atoms with Gasteiger partial charge in [0.15, 0.2) is 0 Å². The maximum absolute atomic E-state index is 11.7. The number of Topliss-reactive ketones (excluding diaryl/α,β-unsaturated/α-hetero) is 1. The van der Waals surface area contributed by atoms with Crippen LogP contribution in [0.3, 0.4) is 0 Å². The van der Waals surface area contributed by atoms with Crippen molar-refractivity contribution in [1.29, 1.82) is 0 Å². The second-order valence-electron chi connectivity index (χ2n) is 5.07. The summed E-state index contributed by atoms with van der Waals surface area (Å²) in [6.45, 7) is 1.70. The van der Waals surface area contributed by atoms with Gasteiger partial charge in [0, 0.05) is 0 Å². The standard InChI is InChI=1S/C16H16O2/c1-11(17)16(7-8-16)14-5-3-13-10-15(18-2)6-4-12(13)9-14/h3-6,9-10H,7-8H2,1-2H3. The number of ether oxygens (including phenoxy) is 1. The summed E-state index contributed by atoms with van der Waals surface area (Å²) < 4.78 is 5.22. The van der Waals surface area contributed by atoms with Gasteiger partial charge in [0.1, 0.15) is 11.5 Å². The Balaban J connectivity index is 2.10. The average Bonchev–Trinajstić information content (AvgIpc) is 3.19. The molecule has 0 saturated heterocycles. The summed E-state index contributed by atoms with van der Waals surface area (Å²) in [5, 5.41) is 2.32. The topological polar surface area (TPSA) is 26.3 Å². The average molecular weight is 240 g/mol. The summed E-state index contributed by atoms with van der Waals surface area (Å²) in [6.07, 6.45) is 1.98. The van der Waals surface area contributed by atoms with E-state index in [4.69, 9.17) is 4.74 Å². The van der Waals surface area contributed by atoms with Crippen molar-refractivity contribution in [3.05, 3.63) is 42.0 Å². The molecule has 0 amide bonds. The first kappa shape index (κ1) is 11.3. The first-order chi connectivity index (χ1) is 8.65. The van der Waals surface area contributed by atoms with Gasteiger partial charge in [0.2, 0.25) is 0 Å². The van der Waals surface area contributed by atoms with Crippen LogP contribution in [0.1, 0.15) is 25.3 Å². The van der Waals surface area contributed by atoms with E-state index in [0.717, 1.165) is 29.5 Å². The van der Waals surface area contributed by atoms with Crippen LogP contribution < -0.4 is 4.74 Å². The third kappa shape index (κ3) is 1.60. The quantitative estimate of drug-likeness (QED) is 0.821. The molecule has 2 aromatic carbocycles. The molecule has 0 N–H and O–H groups in total. The molecule has 0 aliphatic heterocycles. The van der Waals surface area contributed by atoms with Crippen molar-refractivity contribution in [2.45, 2.75) is 25.2 Å². The number of carbonyl (C=O) groups is 1. The largest absolute Gasteiger partial charge is 0.497 e. The van der Waals surface area contributed by atoms with Gasteiger partial charge in [-0.15, -0.1) is 0 Å². The maximum atomic E-state index is 11.7. The van der Waals surface area contributed by atoms with E-state index in [1.165, 1.54) is 5.39 Å². The van der Waals surface area contributed by atoms with E-state index < -0.39 is 0 Å². The van der Waals surface area contributed by atoms with Gasteiger partial charge in [-0.3, -0.25) is 4.79 Å². The number of methoxy groups -OCH3 is 1. The number of carbonyl (C=O) groups excluding carboxylic acids is 1. The van der Waals surface area contributed by atoms with Crippen LogP contribution in [0.15, 0.2) is 36.4 Å². The molecule has 1 fully saturated rings. The lowest BCUT2D eigenvalue weighted by Gasteiger charge is -2.13. The molecule has 0 aromatic heterocycles. The molecule has 0 atom stereocenters. The zero-order valence-corrected chi connectivity index (χ0v) is 10.7. The smallest absolute Gasteiger partial charge is 0.140 e. The summed E-state index contributed by atoms with van der Waals surface area (Å²) >= 11 is 0. The summed E-state index contributed by atoms with van der Waals surface area (Å²) in [5.74, 6) is 1.15. The Hall–Kier alpha value is -1.83. The van der Waals surface area contributed by atoms with Gasteiger partial charge in [0.25, 0.3) is 0 Å². The lowest BCUT2D eigenvalue weighted by atomic mass is 9.90. The minimum absolute atomic E-state index is 0.186. The molecule has 0 bridgehead atoms. The molecule has 0 heterocycles. The van der Waals surface area contributed by atoms with Crippen LogP contribution in [0.4, 0.5) is 0 Å². The molecule has 2 aromatic rings. The van der Waals surface area contributed by atoms with Gasteiger partial charge in [-0.1, -0.05) is 24.3 Å². The minimum Gasteiger partial charge on any atom is -0.497 e. The van der Waals surface area contributed by atoms with Crippen LogP contribution in [0.25, 0.3) is 10.8 Å². The number of hydrogen-bond donors (Lipinski definition) is 0. The number of ketones is 1. The van der Waals surface area contributed by atoms with Gasteiger partial charge in [0.05, 0.1) is 12.5 Å². The number of benzene rings is 2. The Kier molecular flexibility index (Phi) is 2.40. The molecule has 3 rings (SSSR count). The predicted molar refractivity (Wildman–Crippen MR) is 72.1 cm³/mol. The highest BCUT2D eigenvalue weighted by atomic mass is 16.5. The molecule has 1 aliphatic carbocycles. The normalized spacial score (nSPS) is 16.6. The molecule has 18 heavy (non-hydrogen) atoms. The summed E-state index contributed by atoms with van der Waals surface area (Å²) in [5.41, 5.74) is 0.973. The summed E-state index contributed by atoms with van der Waals surface area (Å²) in [4.78, 5) is 11.7. The molecule has 2 nitrogen and oxygen atoms in total. The fraction of sp³-hybridized carbons (Fsp3) is 0.312. The SMILES string of the molecule is COc1ccc2cc(C3(C(C)=O)CC3)ccc2c1. The number of hydrogen-bond acceptors (Lipinski definition) is 2. The Morgan fingerprint density at radius 3 is 2.39 bits per heavy atom. The van der Waals surface area contributed by atoms with Crippen molar-refractivity contribution in [1.82, 2.24) is 0 Å². The molecular weight excluding hydrogens is 224 g/mol. The third-order valence-electron chi connectivity index (χ3n) is 4.02. The van der Waals surface area contributed by atoms with Gasteiger partial charge in [-0.05, 0) is 48.2 Å². The fourth-order valence-corrected chi connectivity index (χ4v) is 2.62. The Morgan fingerprint density at radius 1 is 1.11 bits per heavy atom. The number of fused-ring (bicyclic) bond motifs is 1. The fourth-order valence-electron chi connectivity index (χ4n) is 2.62. The van der Waals surface area contributed by atoms with Crippen molar-refractivity contribution >= 4 is 16.6 Å². The second-order valence-corrected chi connectivity index (χ2v) is 5.07. The highest BCUT2D eigenvalue weighted by molar-refractivity contribution is 5.93. The molecule has 1 aliphatic rings. The van der Waals surface area contributed by atoms with Crippen molar-refractivity contribution in [3.63, 3.8) is 0 Å². The van der Waals surface area contributed by atoms with E-state index in [9.17, 15) is 4.79 Å². The zero-order valence-electron chi connectivity index (χ0n) is 10.7. The van der Waals surface area contributed by atoms with Crippen LogP contribution in [-0.2, 0) is 10.2 Å². The van der Waals surface area contributed by atoms with E-state index >= 15 is 0 Å². The molecule has 0 unspecified atom stereocenters. The Labute approximate surface area is 107 Å². The number of rotatable bonds is 3. The highest BCUT2D eigenvalue weighted by Crippen LogP contribution is 2.49. The first-order valence-corrected chi connectivity index (χ1v) is 6.25. The summed E-state index contributed by atoms with van der Waals surface area (Å²) in [7, 11) is 1.67. The molecule has 1 saturated carbocycles. The van der Waals surface area contributed by atoms with Crippen LogP contribution in [0.2, 0.25) is 0 Å². The van der Waals surface area contributed by atoms with Crippen LogP contribution in [-0.4, -0.2) is 12.9 Å². The van der Waals surface area contributed by atoms with E-state index in [0.29, 0.717) is 0 Å². The lowest BCUT2D eigenvalue weighted by Crippen LogP contribution is -2.16. The highest BCUT2D eigenvalue weighted by Gasteiger charge is 2.48. The molecule has 2 heteroatoms. The van der Waals surface area contributed by atoms with E-state index in [1.54, 1.807) is 14.0 Å². The van der Waals surface area contributed by atoms with Crippen LogP contribution in [0.5, 0.6) is 5.75 Å². The Bertz CT molecular complexity index is 624. The second kappa shape index (κ2) is 3.84. The predicted octanol–water partition coefficient (Wildman–Crippen LogP) is 3.47. The van der Waals surface area contributed by atoms with Gasteiger partial charge >= 0.3 is 0 Å². The monoisotopic (exact) mass is 240 g/mol. The molecular formula is C16H16O2. The van der Waals surface area contributed by atoms with Crippen molar-refractivity contribution in [2.75, 3.05) is 7.11 Å². The maximum Gasteiger partial charge on any atom is 0.140 e. The van der Waals surface area contributed by atoms with Gasteiger partial charge in [-0.2, -0.15) is 0 Å². The van der Waals surface area contributed by atoms with Gasteiger partial charge in [-0.25, -0.2) is 0 Å². The van der Waals surface area contributed by atoms with E-state index in [1.807, 2.05) is 18.2 Å². The summed E-state index contributed by atoms with van der Waals surface area (Å²) in [6, 6.07) is 12.3. The van der Waals surface area contributed by atoms with E-state index in [-0.39, 0.29) is 11.2 Å². The molecule has 0 spiro atoms. The molecule has 92 valence electrons. The van der Waals surface area contributed by atoms with Crippen LogP contribution >= 0.6 is 0 Å². The van der Waals surface area contributed by atoms with Crippen molar-refractivity contribution in [2.24, 2.45) is 0 Å². The molecule has 0 radical (unpaired) electrons. The minimum atomic E-state index is -0.186. The first-order valence-electron chi connectivity index (χ1n) is 6.25. The zero-order chi connectivity index (χ0) is 12.8. The van der Waals surface area contributed by atoms with Crippen molar-refractivity contribution in [3.8, 4) is 5.75 Å². The lowest BCUT2D eigenvalue weighted by molar-refractivity contribution is -0.119. The van der Waals surface area contributed by atoms with E-state index in [2.05, 4.69) is 18.2 Å². The third-order valence-corrected chi connectivity index (χ3v) is 4.02. The Morgan fingerprint density at radius 2 is 1.78 bits per heavy atom. The van der Waals surface area contributed by atoms with Crippen molar-refractivity contribution < 1.29 is 9.53 Å². The van der Waals surface area contributed by atoms with Gasteiger partial charge < -0.3 is 4.74 Å².